The Kier molecular flexibility index (Phi) is 3.92. The highest BCUT2D eigenvalue weighted by Crippen LogP contribution is 2.69. The molecular formula is C25H34O6. The number of fused-ring (bicyclic) bond motifs is 7. The van der Waals surface area contributed by atoms with Gasteiger partial charge in [-0.1, -0.05) is 38.8 Å². The van der Waals surface area contributed by atoms with E-state index in [4.69, 9.17) is 15.0 Å². The van der Waals surface area contributed by atoms with E-state index >= 15 is 0 Å². The molecule has 6 nitrogen and oxygen atoms in total. The molecule has 5 aliphatic rings. The van der Waals surface area contributed by atoms with Crippen molar-refractivity contribution in [2.45, 2.75) is 83.3 Å². The Bertz CT molecular complexity index is 1040. The Hall–Kier alpha value is -1.34. The van der Waals surface area contributed by atoms with Crippen LogP contribution in [0.25, 0.3) is 0 Å². The van der Waals surface area contributed by atoms with E-state index in [9.17, 15) is 19.8 Å². The molecule has 1 unspecified atom stereocenters. The number of hydrogen-bond acceptors (Lipinski definition) is 6. The molecule has 1 saturated heterocycles. The molecule has 0 radical (unpaired) electrons. The smallest absolute Gasteiger partial charge is 0.193 e. The van der Waals surface area contributed by atoms with Gasteiger partial charge >= 0.3 is 0 Å². The van der Waals surface area contributed by atoms with Gasteiger partial charge in [0.05, 0.1) is 14.9 Å². The summed E-state index contributed by atoms with van der Waals surface area (Å²) in [6, 6.07) is -0.527. The minimum absolute atomic E-state index is 0.0266. The van der Waals surface area contributed by atoms with Crippen LogP contribution < -0.4 is 0 Å². The number of aliphatic hydroxyl groups excluding tert-OH is 2. The van der Waals surface area contributed by atoms with Crippen LogP contribution in [0.2, 0.25) is 0 Å². The zero-order valence-corrected chi connectivity index (χ0v) is 18.3. The van der Waals surface area contributed by atoms with Crippen LogP contribution in [0.4, 0.5) is 0 Å². The number of ether oxygens (including phenoxy) is 2. The fraction of sp³-hybridized carbons (Fsp3) is 0.760. The molecule has 9 atom stereocenters. The largest absolute Gasteiger partial charge is 0.393 e. The zero-order chi connectivity index (χ0) is 25.7. The average molecular weight is 435 g/mol. The molecule has 0 spiro atoms. The monoisotopic (exact) mass is 434 g/mol. The summed E-state index contributed by atoms with van der Waals surface area (Å²) in [7, 11) is 0. The fourth-order valence-corrected chi connectivity index (χ4v) is 7.54. The molecule has 3 saturated carbocycles. The maximum absolute atomic E-state index is 13.3. The Morgan fingerprint density at radius 2 is 2.19 bits per heavy atom. The number of aliphatic hydroxyl groups is 2. The van der Waals surface area contributed by atoms with Gasteiger partial charge in [0.25, 0.3) is 0 Å². The van der Waals surface area contributed by atoms with Crippen molar-refractivity contribution in [3.8, 4) is 0 Å². The van der Waals surface area contributed by atoms with E-state index in [1.54, 1.807) is 6.92 Å². The van der Waals surface area contributed by atoms with Crippen LogP contribution in [-0.2, 0) is 19.1 Å². The predicted octanol–water partition coefficient (Wildman–Crippen LogP) is 2.72. The molecule has 31 heavy (non-hydrogen) atoms. The number of ketones is 2. The maximum Gasteiger partial charge on any atom is 0.193 e. The van der Waals surface area contributed by atoms with Gasteiger partial charge in [-0.25, -0.2) is 0 Å². The molecule has 0 aromatic heterocycles. The summed E-state index contributed by atoms with van der Waals surface area (Å²) >= 11 is 0. The molecule has 4 aliphatic carbocycles. The van der Waals surface area contributed by atoms with Crippen LogP contribution in [0.5, 0.6) is 0 Å². The normalized spacial score (nSPS) is 54.5. The fourth-order valence-electron chi connectivity index (χ4n) is 7.54. The molecule has 6 heteroatoms. The van der Waals surface area contributed by atoms with Crippen LogP contribution in [0.15, 0.2) is 23.8 Å². The van der Waals surface area contributed by atoms with Crippen molar-refractivity contribution in [3.05, 3.63) is 23.8 Å². The van der Waals surface area contributed by atoms with E-state index in [2.05, 4.69) is 0 Å². The summed E-state index contributed by atoms with van der Waals surface area (Å²) in [5.74, 6) is -2.52. The van der Waals surface area contributed by atoms with Crippen LogP contribution in [0.3, 0.4) is 0 Å². The first-order valence-corrected chi connectivity index (χ1v) is 11.4. The molecule has 4 fully saturated rings. The van der Waals surface area contributed by atoms with Gasteiger partial charge in [-0.3, -0.25) is 9.59 Å². The lowest BCUT2D eigenvalue weighted by Crippen LogP contribution is -2.63. The third-order valence-corrected chi connectivity index (χ3v) is 8.78. The van der Waals surface area contributed by atoms with E-state index in [1.807, 2.05) is 13.8 Å². The first-order valence-electron chi connectivity index (χ1n) is 13.4. The summed E-state index contributed by atoms with van der Waals surface area (Å²) in [5.41, 5.74) is -3.71. The summed E-state index contributed by atoms with van der Waals surface area (Å²) in [6.45, 7) is 4.81. The van der Waals surface area contributed by atoms with Crippen molar-refractivity contribution in [2.24, 2.45) is 28.6 Å². The first-order chi connectivity index (χ1) is 16.3. The molecule has 0 bridgehead atoms. The molecule has 1 heterocycles. The van der Waals surface area contributed by atoms with Crippen LogP contribution in [0, 0.1) is 28.6 Å². The summed E-state index contributed by atoms with van der Waals surface area (Å²) in [6.07, 6.45) is -1.33. The molecule has 170 valence electrons. The highest BCUT2D eigenvalue weighted by molar-refractivity contribution is 6.01. The van der Waals surface area contributed by atoms with Crippen molar-refractivity contribution in [2.75, 3.05) is 6.61 Å². The second-order valence-corrected chi connectivity index (χ2v) is 10.2. The van der Waals surface area contributed by atoms with Gasteiger partial charge in [-0.15, -0.1) is 0 Å². The van der Waals surface area contributed by atoms with E-state index in [-0.39, 0.29) is 30.4 Å². The van der Waals surface area contributed by atoms with Gasteiger partial charge in [-0.05, 0) is 56.0 Å². The average Bonchev–Trinajstić information content (AvgIpc) is 3.23. The van der Waals surface area contributed by atoms with Crippen molar-refractivity contribution < 1.29 is 34.8 Å². The van der Waals surface area contributed by atoms with E-state index < -0.39 is 77.4 Å². The van der Waals surface area contributed by atoms with E-state index in [0.717, 1.165) is 12.5 Å². The van der Waals surface area contributed by atoms with Gasteiger partial charge in [-0.2, -0.15) is 0 Å². The number of carbonyl (C=O) groups is 2. The number of hydrogen-bond donors (Lipinski definition) is 2. The highest BCUT2D eigenvalue weighted by Gasteiger charge is 2.75. The quantitative estimate of drug-likeness (QED) is 0.707. The Morgan fingerprint density at radius 3 is 2.90 bits per heavy atom. The minimum atomic E-state index is -2.04. The molecule has 0 aromatic carbocycles. The van der Waals surface area contributed by atoms with Crippen molar-refractivity contribution in [3.63, 3.8) is 0 Å². The zero-order valence-electron chi connectivity index (χ0n) is 22.3. The van der Waals surface area contributed by atoms with Crippen LogP contribution in [0.1, 0.15) is 64.7 Å². The second kappa shape index (κ2) is 7.08. The van der Waals surface area contributed by atoms with Crippen molar-refractivity contribution in [1.82, 2.24) is 0 Å². The van der Waals surface area contributed by atoms with Crippen LogP contribution in [-0.4, -0.2) is 52.5 Å². The summed E-state index contributed by atoms with van der Waals surface area (Å²) in [4.78, 5) is 25.7. The lowest BCUT2D eigenvalue weighted by atomic mass is 9.46. The second-order valence-electron chi connectivity index (χ2n) is 10.2. The van der Waals surface area contributed by atoms with Crippen molar-refractivity contribution in [1.29, 1.82) is 0 Å². The summed E-state index contributed by atoms with van der Waals surface area (Å²) < 4.78 is 47.4. The lowest BCUT2D eigenvalue weighted by molar-refractivity contribution is -0.200. The molecule has 2 N–H and O–H groups in total. The Labute approximate surface area is 189 Å². The summed E-state index contributed by atoms with van der Waals surface area (Å²) in [5, 5.41) is 21.6. The molecule has 0 aromatic rings. The number of rotatable bonds is 4. The van der Waals surface area contributed by atoms with E-state index in [0.29, 0.717) is 12.8 Å². The number of Topliss-reactive ketones (excluding diaryl/α,β-unsaturated/α-hetero) is 1. The lowest BCUT2D eigenvalue weighted by Gasteiger charge is -2.59. The maximum atomic E-state index is 13.3. The minimum Gasteiger partial charge on any atom is -0.393 e. The SMILES string of the molecule is [2H]C1=CC(=O)C([2H])=C2C([2H])([2H])C[C@@H]3[C@H]([C@@H](O)C[C@@]4(C)[C@H]3C[C@H]3OC(CCC)O[C@]34C(=O)CO)[C@@]12C. The molecule has 1 aliphatic heterocycles. The Morgan fingerprint density at radius 1 is 1.42 bits per heavy atom. The van der Waals surface area contributed by atoms with Gasteiger partial charge < -0.3 is 19.7 Å². The van der Waals surface area contributed by atoms with Gasteiger partial charge in [0.1, 0.15) is 6.61 Å². The molecule has 0 amide bonds. The molecule has 5 rings (SSSR count). The third-order valence-electron chi connectivity index (χ3n) is 8.78. The highest BCUT2D eigenvalue weighted by atomic mass is 16.7. The topological polar surface area (TPSA) is 93.1 Å². The Balaban J connectivity index is 1.64. The van der Waals surface area contributed by atoms with Gasteiger partial charge in [0, 0.05) is 19.5 Å². The number of carbonyl (C=O) groups excluding carboxylic acids is 2. The molecular weight excluding hydrogens is 396 g/mol. The predicted molar refractivity (Wildman–Crippen MR) is 113 cm³/mol. The van der Waals surface area contributed by atoms with Gasteiger partial charge in [0.15, 0.2) is 23.5 Å². The third kappa shape index (κ3) is 2.65. The first kappa shape index (κ1) is 17.2. The standard InChI is InChI=1S/C25H34O6/c1-4-5-21-30-20-11-17-16-7-6-14-10-15(27)8-9-23(14,2)22(16)18(28)12-24(17,3)25(20,31-21)19(29)13-26/h8-10,16-18,20-22,26,28H,4-7,11-13H2,1-3H3/t16-,17-,18-,20+,21?,22+,23-,24-,25+/m0/s1/i6D2,9D,10D. The van der Waals surface area contributed by atoms with Crippen LogP contribution >= 0.6 is 0 Å². The van der Waals surface area contributed by atoms with Gasteiger partial charge in [0.2, 0.25) is 0 Å². The number of allylic oxidation sites excluding steroid dienone is 4. The van der Waals surface area contributed by atoms with Crippen molar-refractivity contribution >= 4 is 11.6 Å². The van der Waals surface area contributed by atoms with E-state index in [1.165, 1.54) is 0 Å².